The highest BCUT2D eigenvalue weighted by Crippen LogP contribution is 2.37. The van der Waals surface area contributed by atoms with Gasteiger partial charge in [-0.1, -0.05) is 49.4 Å². The standard InChI is InChI=1S/C24H31NO3/c1-5-22(26)25(20-15-16-28-24(2,3)17-20)23(18-9-7-6-8-10-18)19-11-13-21(27-4)14-12-19/h6-14,20,23H,5,15-17H2,1-4H3/t20-,23-/m0/s1. The second kappa shape index (κ2) is 8.78. The predicted molar refractivity (Wildman–Crippen MR) is 111 cm³/mol. The Bertz CT molecular complexity index is 770. The highest BCUT2D eigenvalue weighted by atomic mass is 16.5. The average Bonchev–Trinajstić information content (AvgIpc) is 2.71. The lowest BCUT2D eigenvalue weighted by atomic mass is 9.88. The summed E-state index contributed by atoms with van der Waals surface area (Å²) in [6.45, 7) is 6.84. The van der Waals surface area contributed by atoms with Crippen molar-refractivity contribution in [3.8, 4) is 5.75 Å². The van der Waals surface area contributed by atoms with Crippen molar-refractivity contribution in [3.05, 3.63) is 65.7 Å². The van der Waals surface area contributed by atoms with Gasteiger partial charge < -0.3 is 14.4 Å². The fraction of sp³-hybridized carbons (Fsp3) is 0.458. The van der Waals surface area contributed by atoms with Crippen LogP contribution in [0.25, 0.3) is 0 Å². The molecule has 0 bridgehead atoms. The van der Waals surface area contributed by atoms with Gasteiger partial charge in [0.05, 0.1) is 18.8 Å². The topological polar surface area (TPSA) is 38.8 Å². The summed E-state index contributed by atoms with van der Waals surface area (Å²) in [5.41, 5.74) is 1.99. The molecule has 0 radical (unpaired) electrons. The molecule has 0 aromatic heterocycles. The van der Waals surface area contributed by atoms with E-state index >= 15 is 0 Å². The van der Waals surface area contributed by atoms with Crippen LogP contribution < -0.4 is 4.74 Å². The highest BCUT2D eigenvalue weighted by molar-refractivity contribution is 5.77. The van der Waals surface area contributed by atoms with E-state index in [4.69, 9.17) is 9.47 Å². The molecule has 0 saturated carbocycles. The average molecular weight is 382 g/mol. The molecule has 0 N–H and O–H groups in total. The second-order valence-electron chi connectivity index (χ2n) is 8.00. The third-order valence-corrected chi connectivity index (χ3v) is 5.48. The van der Waals surface area contributed by atoms with Crippen LogP contribution in [0.2, 0.25) is 0 Å². The van der Waals surface area contributed by atoms with Crippen molar-refractivity contribution in [2.24, 2.45) is 0 Å². The van der Waals surface area contributed by atoms with Crippen LogP contribution in [0, 0.1) is 0 Å². The number of hydrogen-bond acceptors (Lipinski definition) is 3. The number of nitrogens with zero attached hydrogens (tertiary/aromatic N) is 1. The maximum Gasteiger partial charge on any atom is 0.223 e. The minimum atomic E-state index is -0.226. The minimum absolute atomic E-state index is 0.126. The van der Waals surface area contributed by atoms with Crippen molar-refractivity contribution >= 4 is 5.91 Å². The Morgan fingerprint density at radius 2 is 1.79 bits per heavy atom. The SMILES string of the molecule is CCC(=O)N([C@H]1CCOC(C)(C)C1)[C@@H](c1ccccc1)c1ccc(OC)cc1. The Morgan fingerprint density at radius 1 is 1.14 bits per heavy atom. The first-order valence-corrected chi connectivity index (χ1v) is 10.1. The number of benzene rings is 2. The summed E-state index contributed by atoms with van der Waals surface area (Å²) >= 11 is 0. The van der Waals surface area contributed by atoms with Crippen LogP contribution in [-0.2, 0) is 9.53 Å². The number of carbonyl (C=O) groups excluding carboxylic acids is 1. The summed E-state index contributed by atoms with van der Waals surface area (Å²) in [4.78, 5) is 15.3. The van der Waals surface area contributed by atoms with E-state index in [0.29, 0.717) is 13.0 Å². The molecule has 2 aromatic rings. The van der Waals surface area contributed by atoms with Gasteiger partial charge in [-0.2, -0.15) is 0 Å². The largest absolute Gasteiger partial charge is 0.497 e. The van der Waals surface area contributed by atoms with Crippen LogP contribution >= 0.6 is 0 Å². The third-order valence-electron chi connectivity index (χ3n) is 5.48. The molecule has 150 valence electrons. The number of rotatable bonds is 6. The molecular formula is C24H31NO3. The summed E-state index contributed by atoms with van der Waals surface area (Å²) in [5, 5.41) is 0. The number of hydrogen-bond donors (Lipinski definition) is 0. The van der Waals surface area contributed by atoms with E-state index < -0.39 is 0 Å². The lowest BCUT2D eigenvalue weighted by Gasteiger charge is -2.45. The fourth-order valence-electron chi connectivity index (χ4n) is 4.11. The summed E-state index contributed by atoms with van der Waals surface area (Å²) < 4.78 is 11.3. The van der Waals surface area contributed by atoms with Crippen molar-refractivity contribution < 1.29 is 14.3 Å². The van der Waals surface area contributed by atoms with Gasteiger partial charge in [0.1, 0.15) is 5.75 Å². The zero-order chi connectivity index (χ0) is 20.1. The molecule has 4 heteroatoms. The molecule has 1 aliphatic heterocycles. The number of methoxy groups -OCH3 is 1. The molecule has 1 aliphatic rings. The summed E-state index contributed by atoms with van der Waals surface area (Å²) in [6, 6.07) is 18.4. The Kier molecular flexibility index (Phi) is 6.40. The molecule has 1 fully saturated rings. The molecule has 3 rings (SSSR count). The zero-order valence-corrected chi connectivity index (χ0v) is 17.4. The second-order valence-corrected chi connectivity index (χ2v) is 8.00. The molecule has 0 spiro atoms. The summed E-state index contributed by atoms with van der Waals surface area (Å²) in [6.07, 6.45) is 2.17. The monoisotopic (exact) mass is 381 g/mol. The normalized spacial score (nSPS) is 19.6. The van der Waals surface area contributed by atoms with Gasteiger partial charge in [-0.15, -0.1) is 0 Å². The Labute approximate surface area is 168 Å². The molecule has 1 heterocycles. The first-order valence-electron chi connectivity index (χ1n) is 10.1. The van der Waals surface area contributed by atoms with Gasteiger partial charge in [-0.3, -0.25) is 4.79 Å². The smallest absolute Gasteiger partial charge is 0.223 e. The summed E-state index contributed by atoms with van der Waals surface area (Å²) in [7, 11) is 1.67. The molecule has 28 heavy (non-hydrogen) atoms. The van der Waals surface area contributed by atoms with Gasteiger partial charge in [-0.05, 0) is 49.9 Å². The maximum absolute atomic E-state index is 13.2. The van der Waals surface area contributed by atoms with Crippen molar-refractivity contribution in [1.82, 2.24) is 4.90 Å². The van der Waals surface area contributed by atoms with Crippen molar-refractivity contribution in [3.63, 3.8) is 0 Å². The zero-order valence-electron chi connectivity index (χ0n) is 17.4. The quantitative estimate of drug-likeness (QED) is 0.708. The minimum Gasteiger partial charge on any atom is -0.497 e. The van der Waals surface area contributed by atoms with Crippen LogP contribution in [0.3, 0.4) is 0 Å². The lowest BCUT2D eigenvalue weighted by Crippen LogP contribution is -2.50. The number of ether oxygens (including phenoxy) is 2. The van der Waals surface area contributed by atoms with Gasteiger partial charge in [0.25, 0.3) is 0 Å². The van der Waals surface area contributed by atoms with E-state index in [2.05, 4.69) is 43.0 Å². The molecule has 0 aliphatic carbocycles. The Hall–Kier alpha value is -2.33. The lowest BCUT2D eigenvalue weighted by molar-refractivity contribution is -0.142. The maximum atomic E-state index is 13.2. The van der Waals surface area contributed by atoms with Gasteiger partial charge in [0.2, 0.25) is 5.91 Å². The predicted octanol–water partition coefficient (Wildman–Crippen LogP) is 4.98. The molecule has 1 amide bonds. The fourth-order valence-corrected chi connectivity index (χ4v) is 4.11. The van der Waals surface area contributed by atoms with Crippen LogP contribution in [-0.4, -0.2) is 36.2 Å². The van der Waals surface area contributed by atoms with Crippen LogP contribution in [0.15, 0.2) is 54.6 Å². The highest BCUT2D eigenvalue weighted by Gasteiger charge is 2.38. The molecule has 2 aromatic carbocycles. The first-order chi connectivity index (χ1) is 13.4. The van der Waals surface area contributed by atoms with E-state index in [0.717, 1.165) is 29.7 Å². The van der Waals surface area contributed by atoms with Gasteiger partial charge in [-0.25, -0.2) is 0 Å². The molecule has 4 nitrogen and oxygen atoms in total. The van der Waals surface area contributed by atoms with E-state index in [1.54, 1.807) is 7.11 Å². The molecule has 2 atom stereocenters. The molecular weight excluding hydrogens is 350 g/mol. The van der Waals surface area contributed by atoms with Crippen LogP contribution in [0.5, 0.6) is 5.75 Å². The first kappa shape index (κ1) is 20.4. The van der Waals surface area contributed by atoms with E-state index in [1.165, 1.54) is 0 Å². The van der Waals surface area contributed by atoms with E-state index in [9.17, 15) is 4.79 Å². The van der Waals surface area contributed by atoms with Crippen LogP contribution in [0.4, 0.5) is 0 Å². The molecule has 0 unspecified atom stereocenters. The van der Waals surface area contributed by atoms with Crippen molar-refractivity contribution in [1.29, 1.82) is 0 Å². The van der Waals surface area contributed by atoms with Gasteiger partial charge in [0, 0.05) is 19.1 Å². The number of carbonyl (C=O) groups is 1. The van der Waals surface area contributed by atoms with E-state index in [1.807, 2.05) is 37.3 Å². The number of amides is 1. The van der Waals surface area contributed by atoms with Gasteiger partial charge in [0.15, 0.2) is 0 Å². The van der Waals surface area contributed by atoms with E-state index in [-0.39, 0.29) is 23.6 Å². The van der Waals surface area contributed by atoms with Crippen LogP contribution in [0.1, 0.15) is 57.2 Å². The van der Waals surface area contributed by atoms with Gasteiger partial charge >= 0.3 is 0 Å². The molecule has 1 saturated heterocycles. The Balaban J connectivity index is 2.07. The summed E-state index contributed by atoms with van der Waals surface area (Å²) in [5.74, 6) is 0.989. The van der Waals surface area contributed by atoms with Crippen molar-refractivity contribution in [2.45, 2.75) is 57.7 Å². The third kappa shape index (κ3) is 4.56. The van der Waals surface area contributed by atoms with Crippen molar-refractivity contribution in [2.75, 3.05) is 13.7 Å². The Morgan fingerprint density at radius 3 is 2.36 bits per heavy atom.